The van der Waals surface area contributed by atoms with Gasteiger partial charge in [-0.25, -0.2) is 0 Å². The van der Waals surface area contributed by atoms with Crippen molar-refractivity contribution in [2.24, 2.45) is 5.73 Å². The van der Waals surface area contributed by atoms with Gasteiger partial charge in [0.1, 0.15) is 0 Å². The standard InChI is InChI=1S/C17H29N3/c1-4-14-8-9-15(19-13-14)12-16(18)17(3,5-2)20-10-6-7-11-20/h8-9,13,16H,4-7,10-12,18H2,1-3H3. The number of nitrogens with two attached hydrogens (primary N) is 1. The number of nitrogens with zero attached hydrogens (tertiary/aromatic N) is 2. The Morgan fingerprint density at radius 2 is 2.00 bits per heavy atom. The summed E-state index contributed by atoms with van der Waals surface area (Å²) in [6, 6.07) is 4.46. The van der Waals surface area contributed by atoms with E-state index in [1.807, 2.05) is 6.20 Å². The molecular formula is C17H29N3. The fourth-order valence-electron chi connectivity index (χ4n) is 3.18. The third-order valence-electron chi connectivity index (χ3n) is 5.07. The molecule has 0 spiro atoms. The Morgan fingerprint density at radius 1 is 1.30 bits per heavy atom. The van der Waals surface area contributed by atoms with Gasteiger partial charge in [0, 0.05) is 29.9 Å². The molecule has 1 aromatic rings. The summed E-state index contributed by atoms with van der Waals surface area (Å²) < 4.78 is 0. The summed E-state index contributed by atoms with van der Waals surface area (Å²) in [4.78, 5) is 7.15. The number of hydrogen-bond donors (Lipinski definition) is 1. The molecule has 0 radical (unpaired) electrons. The van der Waals surface area contributed by atoms with Crippen LogP contribution in [0.1, 0.15) is 51.3 Å². The predicted octanol–water partition coefficient (Wildman–Crippen LogP) is 2.78. The van der Waals surface area contributed by atoms with Crippen LogP contribution in [0.4, 0.5) is 0 Å². The lowest BCUT2D eigenvalue weighted by molar-refractivity contribution is 0.0995. The van der Waals surface area contributed by atoms with Crippen molar-refractivity contribution in [2.75, 3.05) is 13.1 Å². The second-order valence-electron chi connectivity index (χ2n) is 6.23. The molecule has 0 bridgehead atoms. The molecule has 20 heavy (non-hydrogen) atoms. The summed E-state index contributed by atoms with van der Waals surface area (Å²) in [5, 5.41) is 0. The minimum Gasteiger partial charge on any atom is -0.326 e. The molecule has 1 aliphatic rings. The first-order valence-corrected chi connectivity index (χ1v) is 8.04. The second kappa shape index (κ2) is 6.68. The SMILES string of the molecule is CCc1ccc(CC(N)C(C)(CC)N2CCCC2)nc1. The van der Waals surface area contributed by atoms with Gasteiger partial charge in [-0.2, -0.15) is 0 Å². The highest BCUT2D eigenvalue weighted by Gasteiger charge is 2.37. The molecule has 0 amide bonds. The lowest BCUT2D eigenvalue weighted by Gasteiger charge is -2.43. The van der Waals surface area contributed by atoms with Crippen molar-refractivity contribution in [2.45, 2.75) is 64.5 Å². The van der Waals surface area contributed by atoms with Gasteiger partial charge in [-0.15, -0.1) is 0 Å². The third-order valence-corrected chi connectivity index (χ3v) is 5.07. The van der Waals surface area contributed by atoms with E-state index in [1.165, 1.54) is 31.5 Å². The third kappa shape index (κ3) is 3.21. The Hall–Kier alpha value is -0.930. The summed E-state index contributed by atoms with van der Waals surface area (Å²) >= 11 is 0. The van der Waals surface area contributed by atoms with Gasteiger partial charge < -0.3 is 5.73 Å². The smallest absolute Gasteiger partial charge is 0.0419 e. The molecule has 1 aromatic heterocycles. The quantitative estimate of drug-likeness (QED) is 0.868. The maximum Gasteiger partial charge on any atom is 0.0419 e. The molecular weight excluding hydrogens is 246 g/mol. The molecule has 2 N–H and O–H groups in total. The van der Waals surface area contributed by atoms with E-state index in [0.29, 0.717) is 0 Å². The molecule has 3 heteroatoms. The van der Waals surface area contributed by atoms with Gasteiger partial charge in [0.05, 0.1) is 0 Å². The number of likely N-dealkylation sites (tertiary alicyclic amines) is 1. The summed E-state index contributed by atoms with van der Waals surface area (Å²) in [6.07, 6.45) is 7.62. The van der Waals surface area contributed by atoms with Gasteiger partial charge in [0.15, 0.2) is 0 Å². The summed E-state index contributed by atoms with van der Waals surface area (Å²) in [7, 11) is 0. The summed E-state index contributed by atoms with van der Waals surface area (Å²) in [6.45, 7) is 9.12. The summed E-state index contributed by atoms with van der Waals surface area (Å²) in [5.41, 5.74) is 9.07. The van der Waals surface area contributed by atoms with Crippen molar-refractivity contribution in [3.8, 4) is 0 Å². The Kier molecular flexibility index (Phi) is 5.17. The molecule has 1 saturated heterocycles. The van der Waals surface area contributed by atoms with Crippen molar-refractivity contribution < 1.29 is 0 Å². The van der Waals surface area contributed by atoms with Crippen LogP contribution in [-0.4, -0.2) is 34.6 Å². The number of hydrogen-bond acceptors (Lipinski definition) is 3. The molecule has 0 aliphatic carbocycles. The van der Waals surface area contributed by atoms with Crippen molar-refractivity contribution in [1.29, 1.82) is 0 Å². The lowest BCUT2D eigenvalue weighted by Crippen LogP contribution is -2.57. The van der Waals surface area contributed by atoms with Gasteiger partial charge in [0.2, 0.25) is 0 Å². The van der Waals surface area contributed by atoms with E-state index >= 15 is 0 Å². The van der Waals surface area contributed by atoms with E-state index < -0.39 is 0 Å². The minimum atomic E-state index is 0.0988. The van der Waals surface area contributed by atoms with Gasteiger partial charge in [0.25, 0.3) is 0 Å². The molecule has 0 aromatic carbocycles. The van der Waals surface area contributed by atoms with Crippen LogP contribution in [0, 0.1) is 0 Å². The number of aryl methyl sites for hydroxylation is 1. The predicted molar refractivity (Wildman–Crippen MR) is 84.8 cm³/mol. The van der Waals surface area contributed by atoms with Gasteiger partial charge >= 0.3 is 0 Å². The molecule has 2 atom stereocenters. The summed E-state index contributed by atoms with van der Waals surface area (Å²) in [5.74, 6) is 0. The van der Waals surface area contributed by atoms with E-state index in [-0.39, 0.29) is 11.6 Å². The van der Waals surface area contributed by atoms with Crippen LogP contribution in [-0.2, 0) is 12.8 Å². The maximum atomic E-state index is 6.56. The van der Waals surface area contributed by atoms with Gasteiger partial charge in [-0.05, 0) is 57.3 Å². The van der Waals surface area contributed by atoms with E-state index in [1.54, 1.807) is 0 Å². The topological polar surface area (TPSA) is 42.1 Å². The molecule has 2 heterocycles. The highest BCUT2D eigenvalue weighted by Crippen LogP contribution is 2.28. The number of pyridine rings is 1. The molecule has 3 nitrogen and oxygen atoms in total. The average Bonchev–Trinajstić information content (AvgIpc) is 3.01. The van der Waals surface area contributed by atoms with Gasteiger partial charge in [-0.3, -0.25) is 9.88 Å². The molecule has 0 saturated carbocycles. The molecule has 2 unspecified atom stereocenters. The van der Waals surface area contributed by atoms with Crippen LogP contribution in [0.25, 0.3) is 0 Å². The van der Waals surface area contributed by atoms with Crippen molar-refractivity contribution in [3.05, 3.63) is 29.6 Å². The fourth-order valence-corrected chi connectivity index (χ4v) is 3.18. The lowest BCUT2D eigenvalue weighted by atomic mass is 9.85. The average molecular weight is 275 g/mol. The van der Waals surface area contributed by atoms with E-state index in [9.17, 15) is 0 Å². The zero-order valence-corrected chi connectivity index (χ0v) is 13.2. The van der Waals surface area contributed by atoms with Crippen molar-refractivity contribution in [1.82, 2.24) is 9.88 Å². The fraction of sp³-hybridized carbons (Fsp3) is 0.706. The molecule has 1 aliphatic heterocycles. The highest BCUT2D eigenvalue weighted by atomic mass is 15.2. The Balaban J connectivity index is 2.05. The van der Waals surface area contributed by atoms with Crippen LogP contribution < -0.4 is 5.73 Å². The normalized spacial score (nSPS) is 20.8. The Bertz CT molecular complexity index is 409. The zero-order chi connectivity index (χ0) is 14.6. The maximum absolute atomic E-state index is 6.56. The largest absolute Gasteiger partial charge is 0.326 e. The van der Waals surface area contributed by atoms with Crippen LogP contribution in [0.3, 0.4) is 0 Å². The van der Waals surface area contributed by atoms with Crippen molar-refractivity contribution >= 4 is 0 Å². The van der Waals surface area contributed by atoms with Crippen LogP contribution in [0.2, 0.25) is 0 Å². The molecule has 1 fully saturated rings. The highest BCUT2D eigenvalue weighted by molar-refractivity contribution is 5.15. The number of rotatable bonds is 6. The first-order chi connectivity index (χ1) is 9.60. The Labute approximate surface area is 123 Å². The Morgan fingerprint density at radius 3 is 2.50 bits per heavy atom. The van der Waals surface area contributed by atoms with E-state index in [2.05, 4.69) is 42.8 Å². The minimum absolute atomic E-state index is 0.0988. The van der Waals surface area contributed by atoms with Crippen LogP contribution >= 0.6 is 0 Å². The zero-order valence-electron chi connectivity index (χ0n) is 13.2. The second-order valence-corrected chi connectivity index (χ2v) is 6.23. The van der Waals surface area contributed by atoms with E-state index in [0.717, 1.165) is 25.0 Å². The first-order valence-electron chi connectivity index (χ1n) is 8.04. The molecule has 2 rings (SSSR count). The van der Waals surface area contributed by atoms with Crippen LogP contribution in [0.5, 0.6) is 0 Å². The van der Waals surface area contributed by atoms with Crippen molar-refractivity contribution in [3.63, 3.8) is 0 Å². The van der Waals surface area contributed by atoms with E-state index in [4.69, 9.17) is 5.73 Å². The number of aromatic nitrogens is 1. The molecule has 112 valence electrons. The van der Waals surface area contributed by atoms with Crippen LogP contribution in [0.15, 0.2) is 18.3 Å². The first kappa shape index (κ1) is 15.5. The monoisotopic (exact) mass is 275 g/mol. The van der Waals surface area contributed by atoms with Gasteiger partial charge in [-0.1, -0.05) is 19.9 Å².